The SMILES string of the molecule is CCOC(=O)C(=CC(=O)NCC#Cc1ccccc1)C(=O)OCC. The largest absolute Gasteiger partial charge is 0.462 e. The first-order chi connectivity index (χ1) is 11.6. The number of ether oxygens (including phenoxy) is 2. The molecular formula is C18H19NO5. The zero-order valence-electron chi connectivity index (χ0n) is 13.6. The molecule has 6 heteroatoms. The molecule has 0 saturated heterocycles. The Morgan fingerprint density at radius 2 is 1.62 bits per heavy atom. The normalized spacial score (nSPS) is 9.08. The quantitative estimate of drug-likeness (QED) is 0.279. The van der Waals surface area contributed by atoms with E-state index < -0.39 is 23.4 Å². The second-order valence-corrected chi connectivity index (χ2v) is 4.38. The number of benzene rings is 1. The molecule has 0 aliphatic heterocycles. The fraction of sp³-hybridized carbons (Fsp3) is 0.278. The monoisotopic (exact) mass is 329 g/mol. The van der Waals surface area contributed by atoms with Crippen molar-refractivity contribution in [1.29, 1.82) is 0 Å². The lowest BCUT2D eigenvalue weighted by atomic mass is 10.2. The molecule has 0 spiro atoms. The fourth-order valence-electron chi connectivity index (χ4n) is 1.60. The van der Waals surface area contributed by atoms with Crippen LogP contribution in [0.2, 0.25) is 0 Å². The molecule has 1 amide bonds. The molecule has 0 saturated carbocycles. The van der Waals surface area contributed by atoms with Gasteiger partial charge in [-0.25, -0.2) is 9.59 Å². The summed E-state index contributed by atoms with van der Waals surface area (Å²) in [5.41, 5.74) is 0.369. The Bertz CT molecular complexity index is 648. The van der Waals surface area contributed by atoms with Gasteiger partial charge in [-0.05, 0) is 26.0 Å². The zero-order valence-corrected chi connectivity index (χ0v) is 13.6. The van der Waals surface area contributed by atoms with Crippen molar-refractivity contribution in [1.82, 2.24) is 5.32 Å². The van der Waals surface area contributed by atoms with E-state index in [1.165, 1.54) is 0 Å². The maximum Gasteiger partial charge on any atom is 0.345 e. The van der Waals surface area contributed by atoms with Crippen molar-refractivity contribution in [2.75, 3.05) is 19.8 Å². The van der Waals surface area contributed by atoms with Crippen LogP contribution in [0.15, 0.2) is 42.0 Å². The highest BCUT2D eigenvalue weighted by Gasteiger charge is 2.22. The average Bonchev–Trinajstić information content (AvgIpc) is 2.58. The molecule has 24 heavy (non-hydrogen) atoms. The molecule has 0 aliphatic carbocycles. The highest BCUT2D eigenvalue weighted by atomic mass is 16.6. The molecule has 126 valence electrons. The highest BCUT2D eigenvalue weighted by Crippen LogP contribution is 2.02. The molecule has 0 aromatic heterocycles. The first-order valence-electron chi connectivity index (χ1n) is 7.46. The van der Waals surface area contributed by atoms with Crippen molar-refractivity contribution in [3.8, 4) is 11.8 Å². The minimum atomic E-state index is -0.901. The first kappa shape index (κ1) is 19.0. The first-order valence-corrected chi connectivity index (χ1v) is 7.46. The van der Waals surface area contributed by atoms with E-state index in [2.05, 4.69) is 17.2 Å². The predicted octanol–water partition coefficient (Wildman–Crippen LogP) is 1.21. The van der Waals surface area contributed by atoms with Gasteiger partial charge in [0.1, 0.15) is 5.57 Å². The molecule has 0 aliphatic rings. The molecule has 1 aromatic carbocycles. The van der Waals surface area contributed by atoms with Crippen LogP contribution in [0, 0.1) is 11.8 Å². The highest BCUT2D eigenvalue weighted by molar-refractivity contribution is 6.17. The summed E-state index contributed by atoms with van der Waals surface area (Å²) in [7, 11) is 0. The molecule has 0 fully saturated rings. The molecule has 0 atom stereocenters. The summed E-state index contributed by atoms with van der Waals surface area (Å²) in [5, 5.41) is 2.47. The molecular weight excluding hydrogens is 310 g/mol. The van der Waals surface area contributed by atoms with Crippen molar-refractivity contribution in [2.45, 2.75) is 13.8 Å². The molecule has 1 aromatic rings. The van der Waals surface area contributed by atoms with Crippen LogP contribution in [0.4, 0.5) is 0 Å². The number of hydrogen-bond acceptors (Lipinski definition) is 5. The Hall–Kier alpha value is -3.07. The van der Waals surface area contributed by atoms with E-state index in [4.69, 9.17) is 9.47 Å². The Morgan fingerprint density at radius 1 is 1.04 bits per heavy atom. The van der Waals surface area contributed by atoms with Gasteiger partial charge in [-0.15, -0.1) is 0 Å². The van der Waals surface area contributed by atoms with Gasteiger partial charge < -0.3 is 14.8 Å². The molecule has 0 radical (unpaired) electrons. The number of amides is 1. The van der Waals surface area contributed by atoms with E-state index in [-0.39, 0.29) is 19.8 Å². The van der Waals surface area contributed by atoms with E-state index in [9.17, 15) is 14.4 Å². The number of nitrogens with one attached hydrogen (secondary N) is 1. The fourth-order valence-corrected chi connectivity index (χ4v) is 1.60. The molecule has 1 N–H and O–H groups in total. The maximum atomic E-state index is 11.8. The van der Waals surface area contributed by atoms with Crippen LogP contribution in [-0.2, 0) is 23.9 Å². The van der Waals surface area contributed by atoms with E-state index in [0.29, 0.717) is 0 Å². The number of rotatable bonds is 6. The zero-order chi connectivity index (χ0) is 17.8. The summed E-state index contributed by atoms with van der Waals surface area (Å²) in [6.45, 7) is 3.43. The maximum absolute atomic E-state index is 11.8. The van der Waals surface area contributed by atoms with Crippen molar-refractivity contribution >= 4 is 17.8 Å². The lowest BCUT2D eigenvalue weighted by Gasteiger charge is -2.06. The van der Waals surface area contributed by atoms with E-state index in [1.807, 2.05) is 30.3 Å². The van der Waals surface area contributed by atoms with Gasteiger partial charge >= 0.3 is 11.9 Å². The van der Waals surface area contributed by atoms with Crippen LogP contribution in [0.5, 0.6) is 0 Å². The minimum Gasteiger partial charge on any atom is -0.462 e. The third kappa shape index (κ3) is 6.79. The predicted molar refractivity (Wildman–Crippen MR) is 87.7 cm³/mol. The third-order valence-electron chi connectivity index (χ3n) is 2.62. The van der Waals surface area contributed by atoms with Gasteiger partial charge in [-0.3, -0.25) is 4.79 Å². The minimum absolute atomic E-state index is 0.0726. The van der Waals surface area contributed by atoms with Crippen LogP contribution in [0.25, 0.3) is 0 Å². The van der Waals surface area contributed by atoms with Gasteiger partial charge in [0.05, 0.1) is 19.8 Å². The van der Waals surface area contributed by atoms with E-state index in [1.54, 1.807) is 13.8 Å². The lowest BCUT2D eigenvalue weighted by Crippen LogP contribution is -2.25. The summed E-state index contributed by atoms with van der Waals surface area (Å²) >= 11 is 0. The van der Waals surface area contributed by atoms with Crippen LogP contribution in [0.1, 0.15) is 19.4 Å². The van der Waals surface area contributed by atoms with Gasteiger partial charge in [0.15, 0.2) is 0 Å². The molecule has 0 heterocycles. The molecule has 1 rings (SSSR count). The Labute approximate surface area is 140 Å². The van der Waals surface area contributed by atoms with Crippen molar-refractivity contribution < 1.29 is 23.9 Å². The summed E-state index contributed by atoms with van der Waals surface area (Å²) < 4.78 is 9.48. The lowest BCUT2D eigenvalue weighted by molar-refractivity contribution is -0.147. The molecule has 0 unspecified atom stereocenters. The van der Waals surface area contributed by atoms with E-state index in [0.717, 1.165) is 11.6 Å². The van der Waals surface area contributed by atoms with Crippen molar-refractivity contribution in [3.05, 3.63) is 47.5 Å². The summed E-state index contributed by atoms with van der Waals surface area (Å²) in [6.07, 6.45) is 0.861. The van der Waals surface area contributed by atoms with Gasteiger partial charge in [0.25, 0.3) is 0 Å². The summed E-state index contributed by atoms with van der Waals surface area (Å²) in [6, 6.07) is 9.28. The van der Waals surface area contributed by atoms with Crippen LogP contribution in [0.3, 0.4) is 0 Å². The summed E-state index contributed by atoms with van der Waals surface area (Å²) in [5.74, 6) is 3.21. The van der Waals surface area contributed by atoms with Crippen molar-refractivity contribution in [2.24, 2.45) is 0 Å². The van der Waals surface area contributed by atoms with Gasteiger partial charge in [0.2, 0.25) is 5.91 Å². The standard InChI is InChI=1S/C18H19NO5/c1-3-23-17(21)15(18(22)24-4-2)13-16(20)19-12-8-11-14-9-6-5-7-10-14/h5-7,9-10,13H,3-4,12H2,1-2H3,(H,19,20). The summed E-state index contributed by atoms with van der Waals surface area (Å²) in [4.78, 5) is 35.2. The Kier molecular flexibility index (Phi) is 8.40. The van der Waals surface area contributed by atoms with Crippen molar-refractivity contribution in [3.63, 3.8) is 0 Å². The molecule has 6 nitrogen and oxygen atoms in total. The van der Waals surface area contributed by atoms with Crippen LogP contribution < -0.4 is 5.32 Å². The number of hydrogen-bond donors (Lipinski definition) is 1. The van der Waals surface area contributed by atoms with Crippen LogP contribution >= 0.6 is 0 Å². The van der Waals surface area contributed by atoms with Gasteiger partial charge in [-0.1, -0.05) is 30.0 Å². The Morgan fingerprint density at radius 3 is 2.17 bits per heavy atom. The van der Waals surface area contributed by atoms with Gasteiger partial charge in [0, 0.05) is 11.6 Å². The Balaban J connectivity index is 2.68. The van der Waals surface area contributed by atoms with E-state index >= 15 is 0 Å². The topological polar surface area (TPSA) is 81.7 Å². The second kappa shape index (κ2) is 10.6. The third-order valence-corrected chi connectivity index (χ3v) is 2.62. The van der Waals surface area contributed by atoms with Gasteiger partial charge in [-0.2, -0.15) is 0 Å². The number of carbonyl (C=O) groups is 3. The number of esters is 2. The number of carbonyl (C=O) groups excluding carboxylic acids is 3. The second-order valence-electron chi connectivity index (χ2n) is 4.38. The smallest absolute Gasteiger partial charge is 0.345 e. The average molecular weight is 329 g/mol. The molecule has 0 bridgehead atoms. The van der Waals surface area contributed by atoms with Crippen LogP contribution in [-0.4, -0.2) is 37.6 Å².